The number of para-hydroxylation sites is 3. The molecule has 0 saturated carbocycles. The number of anilines is 1. The van der Waals surface area contributed by atoms with E-state index < -0.39 is 18.2 Å². The van der Waals surface area contributed by atoms with Crippen LogP contribution in [0.4, 0.5) is 18.9 Å². The maximum absolute atomic E-state index is 12.4. The lowest BCUT2D eigenvalue weighted by Gasteiger charge is -2.15. The van der Waals surface area contributed by atoms with Gasteiger partial charge in [-0.1, -0.05) is 24.3 Å². The molecule has 2 aromatic carbocycles. The molecule has 1 unspecified atom stereocenters. The summed E-state index contributed by atoms with van der Waals surface area (Å²) >= 11 is 3.32. The summed E-state index contributed by atoms with van der Waals surface area (Å²) < 4.78 is 47.3. The Bertz CT molecular complexity index is 787. The zero-order valence-electron chi connectivity index (χ0n) is 13.9. The lowest BCUT2D eigenvalue weighted by atomic mass is 10.3. The van der Waals surface area contributed by atoms with Gasteiger partial charge in [0.2, 0.25) is 0 Å². The number of hydrogen-bond acceptors (Lipinski definition) is 4. The van der Waals surface area contributed by atoms with Gasteiger partial charge >= 0.3 is 6.36 Å². The fraction of sp³-hybridized carbons (Fsp3) is 0.235. The van der Waals surface area contributed by atoms with Crippen molar-refractivity contribution < 1.29 is 27.8 Å². The normalized spacial score (nSPS) is 13.1. The summed E-state index contributed by atoms with van der Waals surface area (Å²) in [6.07, 6.45) is -5.79. The molecular formula is C17H17BrF3N3O3. The average Bonchev–Trinajstić information content (AvgIpc) is 2.60. The third kappa shape index (κ3) is 7.35. The Morgan fingerprint density at radius 2 is 1.78 bits per heavy atom. The molecule has 27 heavy (non-hydrogen) atoms. The van der Waals surface area contributed by atoms with Gasteiger partial charge in [0.15, 0.2) is 11.7 Å². The second-order valence-electron chi connectivity index (χ2n) is 5.29. The molecule has 10 heteroatoms. The molecule has 0 aliphatic rings. The van der Waals surface area contributed by atoms with Crippen LogP contribution >= 0.6 is 15.9 Å². The summed E-state index contributed by atoms with van der Waals surface area (Å²) in [6.45, 7) is -0.140. The summed E-state index contributed by atoms with van der Waals surface area (Å²) in [4.78, 5) is 3.90. The average molecular weight is 448 g/mol. The Morgan fingerprint density at radius 1 is 1.15 bits per heavy atom. The zero-order chi connectivity index (χ0) is 19.9. The smallest absolute Gasteiger partial charge is 0.490 e. The number of rotatable bonds is 7. The number of hydrogen-bond donors (Lipinski definition) is 3. The molecular weight excluding hydrogens is 431 g/mol. The molecule has 0 spiro atoms. The van der Waals surface area contributed by atoms with Gasteiger partial charge in [-0.15, -0.1) is 13.2 Å². The van der Waals surface area contributed by atoms with Crippen LogP contribution in [-0.2, 0) is 0 Å². The number of aliphatic imine (C=N–C) groups is 1. The van der Waals surface area contributed by atoms with Crippen molar-refractivity contribution in [1.82, 2.24) is 0 Å². The highest BCUT2D eigenvalue weighted by Crippen LogP contribution is 2.29. The first-order chi connectivity index (χ1) is 12.7. The SMILES string of the molecule is NC(=NCC(O)COc1ccccc1Br)Nc1ccccc1OC(F)(F)F. The third-order valence-electron chi connectivity index (χ3n) is 3.12. The highest BCUT2D eigenvalue weighted by atomic mass is 79.9. The largest absolute Gasteiger partial charge is 0.573 e. The molecule has 0 aliphatic carbocycles. The van der Waals surface area contributed by atoms with Gasteiger partial charge in [0.1, 0.15) is 18.5 Å². The molecule has 6 nitrogen and oxygen atoms in total. The van der Waals surface area contributed by atoms with E-state index in [-0.39, 0.29) is 24.8 Å². The van der Waals surface area contributed by atoms with Crippen molar-refractivity contribution in [3.63, 3.8) is 0 Å². The molecule has 146 valence electrons. The Labute approximate surface area is 161 Å². The fourth-order valence-corrected chi connectivity index (χ4v) is 2.36. The first kappa shape index (κ1) is 20.8. The predicted octanol–water partition coefficient (Wildman–Crippen LogP) is 3.51. The monoisotopic (exact) mass is 447 g/mol. The van der Waals surface area contributed by atoms with Crippen molar-refractivity contribution in [2.45, 2.75) is 12.5 Å². The molecule has 2 aromatic rings. The standard InChI is InChI=1S/C17H17BrF3N3O3/c18-12-5-1-3-7-14(12)26-10-11(25)9-23-16(22)24-13-6-2-4-8-15(13)27-17(19,20)21/h1-8,11,25H,9-10H2,(H3,22,23,24). The summed E-state index contributed by atoms with van der Waals surface area (Å²) in [5, 5.41) is 12.4. The van der Waals surface area contributed by atoms with Gasteiger partial charge < -0.3 is 25.6 Å². The Morgan fingerprint density at radius 3 is 2.44 bits per heavy atom. The highest BCUT2D eigenvalue weighted by molar-refractivity contribution is 9.10. The van der Waals surface area contributed by atoms with Crippen LogP contribution in [0.2, 0.25) is 0 Å². The van der Waals surface area contributed by atoms with Gasteiger partial charge in [0, 0.05) is 0 Å². The third-order valence-corrected chi connectivity index (χ3v) is 3.77. The quantitative estimate of drug-likeness (QED) is 0.446. The molecule has 4 N–H and O–H groups in total. The molecule has 0 fully saturated rings. The predicted molar refractivity (Wildman–Crippen MR) is 98.9 cm³/mol. The molecule has 2 rings (SSSR count). The van der Waals surface area contributed by atoms with E-state index in [0.29, 0.717) is 5.75 Å². The van der Waals surface area contributed by atoms with E-state index in [0.717, 1.165) is 10.5 Å². The van der Waals surface area contributed by atoms with E-state index in [1.807, 2.05) is 6.07 Å². The molecule has 0 saturated heterocycles. The molecule has 0 bridgehead atoms. The minimum Gasteiger partial charge on any atom is -0.490 e. The number of benzene rings is 2. The van der Waals surface area contributed by atoms with Crippen molar-refractivity contribution in [3.05, 3.63) is 53.0 Å². The number of halogens is 4. The Balaban J connectivity index is 1.90. The van der Waals surface area contributed by atoms with E-state index in [9.17, 15) is 18.3 Å². The van der Waals surface area contributed by atoms with Crippen LogP contribution < -0.4 is 20.5 Å². The summed E-state index contributed by atoms with van der Waals surface area (Å²) in [5.74, 6) is -0.0565. The molecule has 1 atom stereocenters. The van der Waals surface area contributed by atoms with Gasteiger partial charge in [-0.3, -0.25) is 4.99 Å². The molecule has 0 aromatic heterocycles. The summed E-state index contributed by atoms with van der Waals surface area (Å²) in [5.41, 5.74) is 5.66. The minimum absolute atomic E-state index is 0.00460. The Hall–Kier alpha value is -2.46. The Kier molecular flexibility index (Phi) is 7.31. The first-order valence-corrected chi connectivity index (χ1v) is 8.51. The second kappa shape index (κ2) is 9.47. The lowest BCUT2D eigenvalue weighted by Crippen LogP contribution is -2.27. The van der Waals surface area contributed by atoms with Crippen LogP contribution in [0.25, 0.3) is 0 Å². The van der Waals surface area contributed by atoms with E-state index in [4.69, 9.17) is 10.5 Å². The number of ether oxygens (including phenoxy) is 2. The fourth-order valence-electron chi connectivity index (χ4n) is 1.97. The van der Waals surface area contributed by atoms with E-state index in [1.165, 1.54) is 18.2 Å². The van der Waals surface area contributed by atoms with E-state index in [2.05, 4.69) is 31.0 Å². The zero-order valence-corrected chi connectivity index (χ0v) is 15.5. The number of nitrogens with two attached hydrogens (primary N) is 1. The maximum atomic E-state index is 12.4. The first-order valence-electron chi connectivity index (χ1n) is 7.71. The minimum atomic E-state index is -4.83. The van der Waals surface area contributed by atoms with Crippen LogP contribution in [0.1, 0.15) is 0 Å². The number of alkyl halides is 3. The van der Waals surface area contributed by atoms with Gasteiger partial charge in [-0.25, -0.2) is 0 Å². The lowest BCUT2D eigenvalue weighted by molar-refractivity contribution is -0.274. The van der Waals surface area contributed by atoms with Gasteiger partial charge in [-0.2, -0.15) is 0 Å². The van der Waals surface area contributed by atoms with Crippen molar-refractivity contribution >= 4 is 27.6 Å². The van der Waals surface area contributed by atoms with E-state index >= 15 is 0 Å². The molecule has 0 heterocycles. The number of guanidine groups is 1. The van der Waals surface area contributed by atoms with Gasteiger partial charge in [-0.05, 0) is 40.2 Å². The van der Waals surface area contributed by atoms with E-state index in [1.54, 1.807) is 18.2 Å². The van der Waals surface area contributed by atoms with Crippen molar-refractivity contribution in [3.8, 4) is 11.5 Å². The van der Waals surface area contributed by atoms with Crippen molar-refractivity contribution in [2.75, 3.05) is 18.5 Å². The summed E-state index contributed by atoms with van der Waals surface area (Å²) in [7, 11) is 0. The van der Waals surface area contributed by atoms with Crippen LogP contribution in [0.15, 0.2) is 58.0 Å². The number of aliphatic hydroxyl groups is 1. The number of nitrogens with one attached hydrogen (secondary N) is 1. The molecule has 0 radical (unpaired) electrons. The van der Waals surface area contributed by atoms with Gasteiger partial charge in [0.05, 0.1) is 16.7 Å². The van der Waals surface area contributed by atoms with Crippen molar-refractivity contribution in [2.24, 2.45) is 10.7 Å². The number of aliphatic hydroxyl groups excluding tert-OH is 1. The van der Waals surface area contributed by atoms with Crippen molar-refractivity contribution in [1.29, 1.82) is 0 Å². The highest BCUT2D eigenvalue weighted by Gasteiger charge is 2.32. The number of nitrogens with zero attached hydrogens (tertiary/aromatic N) is 1. The maximum Gasteiger partial charge on any atom is 0.573 e. The topological polar surface area (TPSA) is 89.1 Å². The molecule has 0 amide bonds. The van der Waals surface area contributed by atoms with Gasteiger partial charge in [0.25, 0.3) is 0 Å². The summed E-state index contributed by atoms with van der Waals surface area (Å²) in [6, 6.07) is 12.5. The second-order valence-corrected chi connectivity index (χ2v) is 6.14. The van der Waals surface area contributed by atoms with Crippen LogP contribution in [0.5, 0.6) is 11.5 Å². The van der Waals surface area contributed by atoms with Crippen LogP contribution in [-0.4, -0.2) is 36.7 Å². The molecule has 0 aliphatic heterocycles. The van der Waals surface area contributed by atoms with Crippen LogP contribution in [0, 0.1) is 0 Å². The van der Waals surface area contributed by atoms with Crippen LogP contribution in [0.3, 0.4) is 0 Å².